The van der Waals surface area contributed by atoms with Crippen LogP contribution in [0.15, 0.2) is 36.4 Å². The van der Waals surface area contributed by atoms with Gasteiger partial charge in [-0.15, -0.1) is 0 Å². The number of rotatable bonds is 6. The molecule has 2 rings (SSSR count). The molecule has 0 fully saturated rings. The summed E-state index contributed by atoms with van der Waals surface area (Å²) in [6, 6.07) is 6.46. The van der Waals surface area contributed by atoms with Gasteiger partial charge in [0.25, 0.3) is 0 Å². The van der Waals surface area contributed by atoms with Crippen LogP contribution in [-0.2, 0) is 17.6 Å². The first-order valence-corrected chi connectivity index (χ1v) is 8.34. The van der Waals surface area contributed by atoms with Gasteiger partial charge in [0.2, 0.25) is 0 Å². The smallest absolute Gasteiger partial charge is 0.306 e. The monoisotopic (exact) mass is 386 g/mol. The van der Waals surface area contributed by atoms with Gasteiger partial charge in [-0.3, -0.25) is 4.79 Å². The maximum atomic E-state index is 12.7. The Bertz CT molecular complexity index is 724. The van der Waals surface area contributed by atoms with Crippen LogP contribution in [0, 0.1) is 35.1 Å². The average Bonchev–Trinajstić information content (AvgIpc) is 2.53. The van der Waals surface area contributed by atoms with E-state index in [-0.39, 0.29) is 18.9 Å². The zero-order chi connectivity index (χ0) is 20.6. The quantitative estimate of drug-likeness (QED) is 0.725. The topological polar surface area (TPSA) is 57.5 Å². The highest BCUT2D eigenvalue weighted by Gasteiger charge is 2.12. The molecule has 3 nitrogen and oxygen atoms in total. The summed E-state index contributed by atoms with van der Waals surface area (Å²) in [6.45, 7) is 3.34. The number of hydrogen-bond donors (Lipinski definition) is 2. The van der Waals surface area contributed by atoms with Gasteiger partial charge in [0.15, 0.2) is 0 Å². The van der Waals surface area contributed by atoms with E-state index in [4.69, 9.17) is 10.2 Å². The highest BCUT2D eigenvalue weighted by atomic mass is 19.1. The SMILES string of the molecule is C[C@@H](Cc1cc(F)cc(F)c1)C(=O)O.C[C@H](CO)Cc1cc(F)cc(F)c1. The minimum absolute atomic E-state index is 0.0259. The molecule has 0 heterocycles. The van der Waals surface area contributed by atoms with Crippen LogP contribution >= 0.6 is 0 Å². The van der Waals surface area contributed by atoms with Gasteiger partial charge in [0.1, 0.15) is 23.3 Å². The molecular formula is C20H22F4O3. The van der Waals surface area contributed by atoms with Crippen LogP contribution in [0.4, 0.5) is 17.6 Å². The summed E-state index contributed by atoms with van der Waals surface area (Å²) in [6.07, 6.45) is 0.620. The molecule has 0 amide bonds. The third-order valence-corrected chi connectivity index (χ3v) is 3.70. The lowest BCUT2D eigenvalue weighted by molar-refractivity contribution is -0.141. The van der Waals surface area contributed by atoms with E-state index in [9.17, 15) is 22.4 Å². The van der Waals surface area contributed by atoms with Crippen molar-refractivity contribution in [3.05, 3.63) is 70.8 Å². The molecule has 0 unspecified atom stereocenters. The van der Waals surface area contributed by atoms with Gasteiger partial charge >= 0.3 is 5.97 Å². The van der Waals surface area contributed by atoms with E-state index in [1.165, 1.54) is 19.1 Å². The zero-order valence-electron chi connectivity index (χ0n) is 15.1. The zero-order valence-corrected chi connectivity index (χ0v) is 15.1. The van der Waals surface area contributed by atoms with E-state index in [0.717, 1.165) is 24.3 Å². The maximum Gasteiger partial charge on any atom is 0.306 e. The highest BCUT2D eigenvalue weighted by Crippen LogP contribution is 2.13. The number of halogens is 4. The second-order valence-corrected chi connectivity index (χ2v) is 6.49. The minimum atomic E-state index is -0.977. The molecule has 0 aliphatic carbocycles. The number of aliphatic carboxylic acids is 1. The van der Waals surface area contributed by atoms with Gasteiger partial charge in [-0.25, -0.2) is 17.6 Å². The van der Waals surface area contributed by atoms with Crippen LogP contribution in [0.5, 0.6) is 0 Å². The largest absolute Gasteiger partial charge is 0.481 e. The van der Waals surface area contributed by atoms with E-state index in [0.29, 0.717) is 17.5 Å². The van der Waals surface area contributed by atoms with Crippen molar-refractivity contribution < 1.29 is 32.6 Å². The standard InChI is InChI=1S/C10H10F2O2.C10H12F2O/c1-6(10(13)14)2-7-3-8(11)5-9(12)4-7;1-7(6-13)2-8-3-9(11)5-10(12)4-8/h3-6H,2H2,1H3,(H,13,14);3-5,7,13H,2,6H2,1H3/t6-;7-/m00/s1. The Morgan fingerprint density at radius 1 is 0.815 bits per heavy atom. The summed E-state index contributed by atoms with van der Waals surface area (Å²) >= 11 is 0. The summed E-state index contributed by atoms with van der Waals surface area (Å²) in [7, 11) is 0. The maximum absolute atomic E-state index is 12.7. The molecule has 0 bridgehead atoms. The highest BCUT2D eigenvalue weighted by molar-refractivity contribution is 5.69. The van der Waals surface area contributed by atoms with Crippen LogP contribution in [-0.4, -0.2) is 22.8 Å². The number of aliphatic hydroxyl groups excluding tert-OH is 1. The first-order chi connectivity index (χ1) is 12.6. The summed E-state index contributed by atoms with van der Waals surface area (Å²) < 4.78 is 50.7. The Hall–Kier alpha value is -2.41. The Balaban J connectivity index is 0.000000271. The van der Waals surface area contributed by atoms with E-state index in [2.05, 4.69) is 0 Å². The van der Waals surface area contributed by atoms with Crippen molar-refractivity contribution in [1.82, 2.24) is 0 Å². The molecule has 148 valence electrons. The lowest BCUT2D eigenvalue weighted by Gasteiger charge is -2.07. The van der Waals surface area contributed by atoms with Gasteiger partial charge in [0, 0.05) is 18.7 Å². The van der Waals surface area contributed by atoms with Gasteiger partial charge < -0.3 is 10.2 Å². The molecule has 0 radical (unpaired) electrons. The lowest BCUT2D eigenvalue weighted by Crippen LogP contribution is -2.12. The Morgan fingerprint density at radius 2 is 1.19 bits per heavy atom. The van der Waals surface area contributed by atoms with Gasteiger partial charge in [-0.05, 0) is 54.2 Å². The second kappa shape index (κ2) is 10.7. The van der Waals surface area contributed by atoms with E-state index < -0.39 is 35.2 Å². The molecule has 0 aliphatic rings. The number of hydrogen-bond acceptors (Lipinski definition) is 2. The average molecular weight is 386 g/mol. The fourth-order valence-electron chi connectivity index (χ4n) is 2.37. The summed E-state index contributed by atoms with van der Waals surface area (Å²) in [5, 5.41) is 17.3. The predicted octanol–water partition coefficient (Wildman–Crippen LogP) is 4.36. The molecule has 2 aromatic rings. The number of carboxylic acids is 1. The predicted molar refractivity (Wildman–Crippen MR) is 93.2 cm³/mol. The molecule has 27 heavy (non-hydrogen) atoms. The van der Waals surface area contributed by atoms with Crippen LogP contribution in [0.3, 0.4) is 0 Å². The fourth-order valence-corrected chi connectivity index (χ4v) is 2.37. The van der Waals surface area contributed by atoms with Crippen molar-refractivity contribution in [1.29, 1.82) is 0 Å². The first kappa shape index (κ1) is 22.6. The van der Waals surface area contributed by atoms with Crippen LogP contribution in [0.2, 0.25) is 0 Å². The summed E-state index contributed by atoms with van der Waals surface area (Å²) in [5.41, 5.74) is 0.941. The van der Waals surface area contributed by atoms with Crippen molar-refractivity contribution in [2.75, 3.05) is 6.61 Å². The Morgan fingerprint density at radius 3 is 1.52 bits per heavy atom. The van der Waals surface area contributed by atoms with Gasteiger partial charge in [-0.2, -0.15) is 0 Å². The number of aliphatic hydroxyl groups is 1. The Kier molecular flexibility index (Phi) is 8.94. The van der Waals surface area contributed by atoms with Crippen LogP contribution < -0.4 is 0 Å². The van der Waals surface area contributed by atoms with Crippen LogP contribution in [0.1, 0.15) is 25.0 Å². The summed E-state index contributed by atoms with van der Waals surface area (Å²) in [4.78, 5) is 10.5. The van der Waals surface area contributed by atoms with Crippen molar-refractivity contribution in [3.63, 3.8) is 0 Å². The molecule has 2 aromatic carbocycles. The summed E-state index contributed by atoms with van der Waals surface area (Å²) in [5.74, 6) is -4.09. The minimum Gasteiger partial charge on any atom is -0.481 e. The second-order valence-electron chi connectivity index (χ2n) is 6.49. The molecule has 0 aliphatic heterocycles. The lowest BCUT2D eigenvalue weighted by atomic mass is 10.0. The van der Waals surface area contributed by atoms with E-state index >= 15 is 0 Å². The van der Waals surface area contributed by atoms with Crippen molar-refractivity contribution in [3.8, 4) is 0 Å². The molecule has 2 atom stereocenters. The molecular weight excluding hydrogens is 364 g/mol. The number of carboxylic acid groups (broad SMARTS) is 1. The molecule has 7 heteroatoms. The normalized spacial score (nSPS) is 12.7. The van der Waals surface area contributed by atoms with E-state index in [1.807, 2.05) is 6.92 Å². The molecule has 0 saturated heterocycles. The van der Waals surface area contributed by atoms with E-state index in [1.54, 1.807) is 0 Å². The third kappa shape index (κ3) is 8.68. The fraction of sp³-hybridized carbons (Fsp3) is 0.350. The Labute approximate surface area is 155 Å². The molecule has 2 N–H and O–H groups in total. The molecule has 0 saturated carbocycles. The number of benzene rings is 2. The van der Waals surface area contributed by atoms with Crippen molar-refractivity contribution in [2.45, 2.75) is 26.7 Å². The van der Waals surface area contributed by atoms with Gasteiger partial charge in [-0.1, -0.05) is 13.8 Å². The van der Waals surface area contributed by atoms with Crippen LogP contribution in [0.25, 0.3) is 0 Å². The first-order valence-electron chi connectivity index (χ1n) is 8.34. The van der Waals surface area contributed by atoms with Crippen molar-refractivity contribution >= 4 is 5.97 Å². The third-order valence-electron chi connectivity index (χ3n) is 3.70. The van der Waals surface area contributed by atoms with Gasteiger partial charge in [0.05, 0.1) is 5.92 Å². The number of carbonyl (C=O) groups is 1. The molecule has 0 aromatic heterocycles. The molecule has 0 spiro atoms. The van der Waals surface area contributed by atoms with Crippen molar-refractivity contribution in [2.24, 2.45) is 11.8 Å².